The molecular formula is C21H24FN3O5S. The van der Waals surface area contributed by atoms with Crippen molar-refractivity contribution in [2.45, 2.75) is 24.2 Å². The van der Waals surface area contributed by atoms with Gasteiger partial charge in [-0.25, -0.2) is 12.8 Å². The number of imide groups is 1. The molecule has 0 unspecified atom stereocenters. The number of sulfonamides is 1. The Morgan fingerprint density at radius 2 is 1.48 bits per heavy atom. The highest BCUT2D eigenvalue weighted by Gasteiger charge is 2.47. The lowest BCUT2D eigenvalue weighted by molar-refractivity contribution is -0.141. The van der Waals surface area contributed by atoms with E-state index in [4.69, 9.17) is 0 Å². The molecule has 0 bridgehead atoms. The number of hydrogen-bond donors (Lipinski definition) is 0. The summed E-state index contributed by atoms with van der Waals surface area (Å²) in [6, 6.07) is 4.64. The lowest BCUT2D eigenvalue weighted by Gasteiger charge is -2.34. The molecule has 1 aliphatic carbocycles. The van der Waals surface area contributed by atoms with Gasteiger partial charge in [-0.2, -0.15) is 4.31 Å². The van der Waals surface area contributed by atoms with Crippen molar-refractivity contribution >= 4 is 27.7 Å². The van der Waals surface area contributed by atoms with Crippen LogP contribution in [0.1, 0.15) is 19.3 Å². The zero-order valence-electron chi connectivity index (χ0n) is 16.9. The molecule has 10 heteroatoms. The van der Waals surface area contributed by atoms with E-state index in [1.165, 1.54) is 21.3 Å². The number of benzene rings is 1. The molecule has 2 aliphatic heterocycles. The van der Waals surface area contributed by atoms with Gasteiger partial charge in [0.1, 0.15) is 5.82 Å². The molecule has 1 aromatic carbocycles. The van der Waals surface area contributed by atoms with Crippen LogP contribution in [0.3, 0.4) is 0 Å². The summed E-state index contributed by atoms with van der Waals surface area (Å²) in [5.41, 5.74) is 0. The van der Waals surface area contributed by atoms with Crippen LogP contribution in [0.25, 0.3) is 0 Å². The van der Waals surface area contributed by atoms with E-state index in [-0.39, 0.29) is 73.6 Å². The van der Waals surface area contributed by atoms with E-state index in [0.29, 0.717) is 12.8 Å². The van der Waals surface area contributed by atoms with Crippen LogP contribution in [0.2, 0.25) is 0 Å². The van der Waals surface area contributed by atoms with Crippen LogP contribution in [-0.4, -0.2) is 73.0 Å². The van der Waals surface area contributed by atoms with Crippen LogP contribution >= 0.6 is 0 Å². The minimum atomic E-state index is -3.75. The van der Waals surface area contributed by atoms with Gasteiger partial charge in [0.05, 0.1) is 16.7 Å². The first-order valence-electron chi connectivity index (χ1n) is 10.3. The average Bonchev–Trinajstić information content (AvgIpc) is 3.02. The third kappa shape index (κ3) is 4.14. The number of carbonyl (C=O) groups is 3. The van der Waals surface area contributed by atoms with E-state index >= 15 is 0 Å². The smallest absolute Gasteiger partial charge is 0.243 e. The molecule has 0 N–H and O–H groups in total. The Morgan fingerprint density at radius 3 is 2.03 bits per heavy atom. The summed E-state index contributed by atoms with van der Waals surface area (Å²) < 4.78 is 39.7. The normalized spacial score (nSPS) is 24.5. The molecule has 0 saturated carbocycles. The summed E-state index contributed by atoms with van der Waals surface area (Å²) in [6.07, 6.45) is 4.98. The fourth-order valence-electron chi connectivity index (χ4n) is 4.39. The highest BCUT2D eigenvalue weighted by Crippen LogP contribution is 2.35. The second-order valence-corrected chi connectivity index (χ2v) is 9.91. The number of rotatable bonds is 5. The number of nitrogens with zero attached hydrogens (tertiary/aromatic N) is 3. The third-order valence-electron chi connectivity index (χ3n) is 6.19. The van der Waals surface area contributed by atoms with Gasteiger partial charge >= 0.3 is 0 Å². The maximum atomic E-state index is 13.1. The number of carbonyl (C=O) groups excluding carboxylic acids is 3. The molecule has 2 saturated heterocycles. The van der Waals surface area contributed by atoms with E-state index < -0.39 is 15.8 Å². The second-order valence-electron chi connectivity index (χ2n) is 7.97. The Kier molecular flexibility index (Phi) is 5.94. The summed E-state index contributed by atoms with van der Waals surface area (Å²) in [5, 5.41) is 0. The molecule has 8 nitrogen and oxygen atoms in total. The second kappa shape index (κ2) is 8.51. The van der Waals surface area contributed by atoms with E-state index in [9.17, 15) is 27.2 Å². The molecule has 2 heterocycles. The van der Waals surface area contributed by atoms with E-state index in [2.05, 4.69) is 0 Å². The monoisotopic (exact) mass is 449 g/mol. The number of allylic oxidation sites excluding steroid dienone is 2. The summed E-state index contributed by atoms with van der Waals surface area (Å²) in [6.45, 7) is 0.746. The molecule has 0 spiro atoms. The fourth-order valence-corrected chi connectivity index (χ4v) is 5.81. The largest absolute Gasteiger partial charge is 0.340 e. The van der Waals surface area contributed by atoms with Gasteiger partial charge in [-0.15, -0.1) is 0 Å². The molecule has 3 amide bonds. The van der Waals surface area contributed by atoms with Gasteiger partial charge in [-0.05, 0) is 37.1 Å². The zero-order valence-corrected chi connectivity index (χ0v) is 17.8. The summed E-state index contributed by atoms with van der Waals surface area (Å²) in [5.74, 6) is -1.77. The predicted molar refractivity (Wildman–Crippen MR) is 108 cm³/mol. The standard InChI is InChI=1S/C21H24FN3O5S/c22-15-5-7-16(8-6-15)31(29,30)24-13-11-23(12-14-24)19(26)9-10-25-20(27)17-3-1-2-4-18(17)21(25)28/h1-2,5-8,17-18H,3-4,9-14H2/t17-,18+. The van der Waals surface area contributed by atoms with Crippen molar-refractivity contribution in [3.63, 3.8) is 0 Å². The molecule has 2 fully saturated rings. The fraction of sp³-hybridized carbons (Fsp3) is 0.476. The van der Waals surface area contributed by atoms with Crippen molar-refractivity contribution in [1.82, 2.24) is 14.1 Å². The first kappa shape index (κ1) is 21.6. The molecule has 0 aromatic heterocycles. The predicted octanol–water partition coefficient (Wildman–Crippen LogP) is 1.000. The number of halogens is 1. The number of fused-ring (bicyclic) bond motifs is 1. The molecule has 166 valence electrons. The van der Waals surface area contributed by atoms with Gasteiger partial charge in [0, 0.05) is 39.1 Å². The van der Waals surface area contributed by atoms with Crippen molar-refractivity contribution in [2.75, 3.05) is 32.7 Å². The average molecular weight is 450 g/mol. The lowest BCUT2D eigenvalue weighted by atomic mass is 9.85. The highest BCUT2D eigenvalue weighted by molar-refractivity contribution is 7.89. The third-order valence-corrected chi connectivity index (χ3v) is 8.10. The topological polar surface area (TPSA) is 95.1 Å². The highest BCUT2D eigenvalue weighted by atomic mass is 32.2. The van der Waals surface area contributed by atoms with Crippen LogP contribution in [0.15, 0.2) is 41.3 Å². The maximum Gasteiger partial charge on any atom is 0.243 e. The van der Waals surface area contributed by atoms with Crippen molar-refractivity contribution in [3.8, 4) is 0 Å². The van der Waals surface area contributed by atoms with Crippen LogP contribution in [0.4, 0.5) is 4.39 Å². The van der Waals surface area contributed by atoms with Crippen molar-refractivity contribution in [3.05, 3.63) is 42.2 Å². The Morgan fingerprint density at radius 1 is 0.935 bits per heavy atom. The van der Waals surface area contributed by atoms with Gasteiger partial charge < -0.3 is 4.90 Å². The number of piperazine rings is 1. The quantitative estimate of drug-likeness (QED) is 0.494. The SMILES string of the molecule is O=C(CCN1C(=O)[C@H]2CC=CC[C@H]2C1=O)N1CCN(S(=O)(=O)c2ccc(F)cc2)CC1. The lowest BCUT2D eigenvalue weighted by Crippen LogP contribution is -2.51. The molecule has 1 aromatic rings. The van der Waals surface area contributed by atoms with Crippen LogP contribution < -0.4 is 0 Å². The molecule has 31 heavy (non-hydrogen) atoms. The number of likely N-dealkylation sites (tertiary alicyclic amines) is 1. The van der Waals surface area contributed by atoms with Crippen molar-refractivity contribution < 1.29 is 27.2 Å². The minimum absolute atomic E-state index is 0.00990. The van der Waals surface area contributed by atoms with Crippen molar-refractivity contribution in [1.29, 1.82) is 0 Å². The molecular weight excluding hydrogens is 425 g/mol. The summed E-state index contributed by atoms with van der Waals surface area (Å²) >= 11 is 0. The van der Waals surface area contributed by atoms with Gasteiger partial charge in [0.25, 0.3) is 0 Å². The van der Waals surface area contributed by atoms with Gasteiger partial charge in [0.2, 0.25) is 27.7 Å². The van der Waals surface area contributed by atoms with Gasteiger partial charge in [-0.1, -0.05) is 12.2 Å². The van der Waals surface area contributed by atoms with Crippen LogP contribution in [-0.2, 0) is 24.4 Å². The Hall–Kier alpha value is -2.59. The maximum absolute atomic E-state index is 13.1. The minimum Gasteiger partial charge on any atom is -0.340 e. The van der Waals surface area contributed by atoms with Crippen molar-refractivity contribution in [2.24, 2.45) is 11.8 Å². The van der Waals surface area contributed by atoms with Gasteiger partial charge in [0.15, 0.2) is 0 Å². The van der Waals surface area contributed by atoms with E-state index in [1.807, 2.05) is 12.2 Å². The Balaban J connectivity index is 1.30. The van der Waals surface area contributed by atoms with E-state index in [1.54, 1.807) is 4.90 Å². The number of hydrogen-bond acceptors (Lipinski definition) is 5. The molecule has 0 radical (unpaired) electrons. The zero-order chi connectivity index (χ0) is 22.2. The summed E-state index contributed by atoms with van der Waals surface area (Å²) in [4.78, 5) is 40.4. The molecule has 2 atom stereocenters. The Bertz CT molecular complexity index is 990. The Labute approximate surface area is 180 Å². The number of amides is 3. The first-order chi connectivity index (χ1) is 14.8. The van der Waals surface area contributed by atoms with Crippen LogP contribution in [0.5, 0.6) is 0 Å². The first-order valence-corrected chi connectivity index (χ1v) is 11.8. The van der Waals surface area contributed by atoms with Gasteiger partial charge in [-0.3, -0.25) is 19.3 Å². The molecule has 4 rings (SSSR count). The molecule has 3 aliphatic rings. The van der Waals surface area contributed by atoms with Crippen LogP contribution in [0, 0.1) is 17.7 Å². The summed E-state index contributed by atoms with van der Waals surface area (Å²) in [7, 11) is -3.75. The van der Waals surface area contributed by atoms with E-state index in [0.717, 1.165) is 12.1 Å².